The number of rotatable bonds is 6. The van der Waals surface area contributed by atoms with E-state index in [0.717, 1.165) is 30.0 Å². The van der Waals surface area contributed by atoms with E-state index < -0.39 is 0 Å². The molecule has 0 atom stereocenters. The molecule has 4 heteroatoms. The molecule has 4 nitrogen and oxygen atoms in total. The Balaban J connectivity index is 1.51. The molecular formula is C19H22N2O2. The van der Waals surface area contributed by atoms with Crippen molar-refractivity contribution in [2.24, 2.45) is 0 Å². The zero-order valence-corrected chi connectivity index (χ0v) is 13.1. The monoisotopic (exact) mass is 310 g/mol. The Hall–Kier alpha value is -2.49. The summed E-state index contributed by atoms with van der Waals surface area (Å²) in [5, 5.41) is 5.99. The van der Waals surface area contributed by atoms with Crippen LogP contribution in [0.2, 0.25) is 0 Å². The van der Waals surface area contributed by atoms with Gasteiger partial charge in [0.2, 0.25) is 5.91 Å². The van der Waals surface area contributed by atoms with Gasteiger partial charge in [-0.2, -0.15) is 0 Å². The lowest BCUT2D eigenvalue weighted by atomic mass is 10.2. The fraction of sp³-hybridized carbons (Fsp3) is 0.316. The van der Waals surface area contributed by atoms with Crippen LogP contribution in [-0.4, -0.2) is 18.6 Å². The van der Waals surface area contributed by atoms with E-state index in [0.29, 0.717) is 6.10 Å². The second-order valence-corrected chi connectivity index (χ2v) is 5.82. The molecule has 1 aliphatic rings. The molecule has 2 aromatic rings. The molecule has 0 saturated heterocycles. The van der Waals surface area contributed by atoms with Gasteiger partial charge < -0.3 is 15.4 Å². The number of carbonyl (C=O) groups is 1. The smallest absolute Gasteiger partial charge is 0.243 e. The van der Waals surface area contributed by atoms with Crippen molar-refractivity contribution in [2.75, 3.05) is 17.2 Å². The number of hydrogen-bond donors (Lipinski definition) is 2. The Morgan fingerprint density at radius 1 is 1.00 bits per heavy atom. The van der Waals surface area contributed by atoms with E-state index in [-0.39, 0.29) is 12.5 Å². The SMILES string of the molecule is O=C(CNc1ccccc1)Nc1cccc(OC2CCCC2)c1. The highest BCUT2D eigenvalue weighted by molar-refractivity contribution is 5.93. The first-order valence-electron chi connectivity index (χ1n) is 8.15. The summed E-state index contributed by atoms with van der Waals surface area (Å²) in [4.78, 5) is 12.0. The van der Waals surface area contributed by atoms with Gasteiger partial charge in [0.05, 0.1) is 12.6 Å². The van der Waals surface area contributed by atoms with Gasteiger partial charge in [0.25, 0.3) is 0 Å². The second-order valence-electron chi connectivity index (χ2n) is 5.82. The Bertz CT molecular complexity index is 637. The summed E-state index contributed by atoms with van der Waals surface area (Å²) in [6.45, 7) is 0.234. The fourth-order valence-electron chi connectivity index (χ4n) is 2.79. The van der Waals surface area contributed by atoms with Gasteiger partial charge >= 0.3 is 0 Å². The molecule has 0 aromatic heterocycles. The van der Waals surface area contributed by atoms with Gasteiger partial charge in [-0.25, -0.2) is 0 Å². The maximum absolute atomic E-state index is 12.0. The molecular weight excluding hydrogens is 288 g/mol. The van der Waals surface area contributed by atoms with Crippen molar-refractivity contribution >= 4 is 17.3 Å². The Morgan fingerprint density at radius 2 is 1.74 bits per heavy atom. The lowest BCUT2D eigenvalue weighted by molar-refractivity contribution is -0.114. The molecule has 0 radical (unpaired) electrons. The minimum Gasteiger partial charge on any atom is -0.490 e. The van der Waals surface area contributed by atoms with Gasteiger partial charge in [0.15, 0.2) is 0 Å². The van der Waals surface area contributed by atoms with Crippen LogP contribution in [0.25, 0.3) is 0 Å². The molecule has 2 aromatic carbocycles. The van der Waals surface area contributed by atoms with E-state index in [2.05, 4.69) is 10.6 Å². The summed E-state index contributed by atoms with van der Waals surface area (Å²) in [5.41, 5.74) is 1.70. The molecule has 3 rings (SSSR count). The van der Waals surface area contributed by atoms with Crippen LogP contribution in [0.3, 0.4) is 0 Å². The lowest BCUT2D eigenvalue weighted by Crippen LogP contribution is -2.21. The van der Waals surface area contributed by atoms with E-state index in [9.17, 15) is 4.79 Å². The highest BCUT2D eigenvalue weighted by atomic mass is 16.5. The summed E-state index contributed by atoms with van der Waals surface area (Å²) in [6.07, 6.45) is 5.05. The Kier molecular flexibility index (Phi) is 5.14. The van der Waals surface area contributed by atoms with Crippen LogP contribution in [0.1, 0.15) is 25.7 Å². The van der Waals surface area contributed by atoms with E-state index in [4.69, 9.17) is 4.74 Å². The molecule has 0 heterocycles. The largest absolute Gasteiger partial charge is 0.490 e. The van der Waals surface area contributed by atoms with Crippen molar-refractivity contribution in [2.45, 2.75) is 31.8 Å². The third-order valence-electron chi connectivity index (χ3n) is 3.95. The van der Waals surface area contributed by atoms with Crippen LogP contribution < -0.4 is 15.4 Å². The summed E-state index contributed by atoms with van der Waals surface area (Å²) in [6, 6.07) is 17.3. The average Bonchev–Trinajstić information content (AvgIpc) is 3.07. The number of amides is 1. The van der Waals surface area contributed by atoms with Crippen molar-refractivity contribution in [3.63, 3.8) is 0 Å². The zero-order chi connectivity index (χ0) is 15.9. The third kappa shape index (κ3) is 4.74. The quantitative estimate of drug-likeness (QED) is 0.846. The molecule has 1 saturated carbocycles. The van der Waals surface area contributed by atoms with Crippen LogP contribution in [0.15, 0.2) is 54.6 Å². The third-order valence-corrected chi connectivity index (χ3v) is 3.95. The van der Waals surface area contributed by atoms with Crippen molar-refractivity contribution in [3.8, 4) is 5.75 Å². The predicted octanol–water partition coefficient (Wildman–Crippen LogP) is 4.06. The second kappa shape index (κ2) is 7.68. The Labute approximate surface area is 136 Å². The Morgan fingerprint density at radius 3 is 2.52 bits per heavy atom. The van der Waals surface area contributed by atoms with Gasteiger partial charge in [-0.1, -0.05) is 24.3 Å². The molecule has 2 N–H and O–H groups in total. The summed E-state index contributed by atoms with van der Waals surface area (Å²) < 4.78 is 5.96. The van der Waals surface area contributed by atoms with Gasteiger partial charge in [0, 0.05) is 17.4 Å². The number of anilines is 2. The standard InChI is InChI=1S/C19H22N2O2/c22-19(14-20-15-7-2-1-3-8-15)21-16-9-6-12-18(13-16)23-17-10-4-5-11-17/h1-3,6-9,12-13,17,20H,4-5,10-11,14H2,(H,21,22). The van der Waals surface area contributed by atoms with Crippen molar-refractivity contribution < 1.29 is 9.53 Å². The van der Waals surface area contributed by atoms with Crippen LogP contribution in [-0.2, 0) is 4.79 Å². The van der Waals surface area contributed by atoms with Crippen LogP contribution in [0.4, 0.5) is 11.4 Å². The van der Waals surface area contributed by atoms with Gasteiger partial charge in [0.1, 0.15) is 5.75 Å². The summed E-state index contributed by atoms with van der Waals surface area (Å²) >= 11 is 0. The van der Waals surface area contributed by atoms with Crippen LogP contribution in [0, 0.1) is 0 Å². The summed E-state index contributed by atoms with van der Waals surface area (Å²) in [7, 11) is 0. The van der Waals surface area contributed by atoms with Crippen molar-refractivity contribution in [3.05, 3.63) is 54.6 Å². The number of ether oxygens (including phenoxy) is 1. The first kappa shape index (κ1) is 15.4. The van der Waals surface area contributed by atoms with E-state index in [1.54, 1.807) is 0 Å². The molecule has 1 fully saturated rings. The van der Waals surface area contributed by atoms with Crippen molar-refractivity contribution in [1.29, 1.82) is 0 Å². The minimum atomic E-state index is -0.0770. The molecule has 0 spiro atoms. The number of nitrogens with one attached hydrogen (secondary N) is 2. The molecule has 0 unspecified atom stereocenters. The number of carbonyl (C=O) groups excluding carboxylic acids is 1. The van der Waals surface area contributed by atoms with Crippen LogP contribution in [0.5, 0.6) is 5.75 Å². The van der Waals surface area contributed by atoms with Gasteiger partial charge in [-0.3, -0.25) is 4.79 Å². The zero-order valence-electron chi connectivity index (χ0n) is 13.1. The van der Waals surface area contributed by atoms with E-state index in [1.807, 2.05) is 54.6 Å². The molecule has 1 aliphatic carbocycles. The first-order chi connectivity index (χ1) is 11.3. The molecule has 0 bridgehead atoms. The first-order valence-corrected chi connectivity index (χ1v) is 8.15. The topological polar surface area (TPSA) is 50.4 Å². The predicted molar refractivity (Wildman–Crippen MR) is 92.9 cm³/mol. The summed E-state index contributed by atoms with van der Waals surface area (Å²) in [5.74, 6) is 0.748. The van der Waals surface area contributed by atoms with Crippen molar-refractivity contribution in [1.82, 2.24) is 0 Å². The number of para-hydroxylation sites is 1. The average molecular weight is 310 g/mol. The number of hydrogen-bond acceptors (Lipinski definition) is 3. The maximum Gasteiger partial charge on any atom is 0.243 e. The molecule has 120 valence electrons. The maximum atomic E-state index is 12.0. The normalized spacial score (nSPS) is 14.4. The molecule has 0 aliphatic heterocycles. The van der Waals surface area contributed by atoms with Gasteiger partial charge in [-0.15, -0.1) is 0 Å². The van der Waals surface area contributed by atoms with E-state index >= 15 is 0 Å². The van der Waals surface area contributed by atoms with E-state index in [1.165, 1.54) is 12.8 Å². The highest BCUT2D eigenvalue weighted by Gasteiger charge is 2.16. The molecule has 23 heavy (non-hydrogen) atoms. The highest BCUT2D eigenvalue weighted by Crippen LogP contribution is 2.25. The molecule has 1 amide bonds. The number of benzene rings is 2. The lowest BCUT2D eigenvalue weighted by Gasteiger charge is -2.14. The van der Waals surface area contributed by atoms with Crippen LogP contribution >= 0.6 is 0 Å². The van der Waals surface area contributed by atoms with Gasteiger partial charge in [-0.05, 0) is 49.9 Å². The minimum absolute atomic E-state index is 0.0770. The fourth-order valence-corrected chi connectivity index (χ4v) is 2.79.